The molecule has 0 radical (unpaired) electrons. The molecule has 18 heavy (non-hydrogen) atoms. The summed E-state index contributed by atoms with van der Waals surface area (Å²) in [5.74, 6) is 0.0454. The Labute approximate surface area is 102 Å². The van der Waals surface area contributed by atoms with E-state index in [0.29, 0.717) is 17.0 Å². The van der Waals surface area contributed by atoms with Gasteiger partial charge in [-0.2, -0.15) is 10.1 Å². The van der Waals surface area contributed by atoms with Gasteiger partial charge in [-0.05, 0) is 12.1 Å². The number of amides is 1. The summed E-state index contributed by atoms with van der Waals surface area (Å²) in [5, 5.41) is 9.78. The number of nitrogens with one attached hydrogen (secondary N) is 2. The van der Waals surface area contributed by atoms with Crippen molar-refractivity contribution in [1.29, 1.82) is 0 Å². The normalized spacial score (nSPS) is 10.4. The zero-order chi connectivity index (χ0) is 12.4. The Balaban J connectivity index is 2.01. The summed E-state index contributed by atoms with van der Waals surface area (Å²) in [6, 6.07) is 9.20. The molecule has 0 saturated carbocycles. The first-order chi connectivity index (χ1) is 8.84. The molecule has 2 N–H and O–H groups in total. The zero-order valence-corrected chi connectivity index (χ0v) is 9.29. The minimum Gasteiger partial charge on any atom is -0.291 e. The van der Waals surface area contributed by atoms with Crippen molar-refractivity contribution in [3.8, 4) is 0 Å². The van der Waals surface area contributed by atoms with Crippen LogP contribution in [0.25, 0.3) is 10.9 Å². The molecule has 3 aromatic rings. The second kappa shape index (κ2) is 4.25. The smallest absolute Gasteiger partial charge is 0.260 e. The molecule has 0 bridgehead atoms. The van der Waals surface area contributed by atoms with Crippen molar-refractivity contribution in [3.63, 3.8) is 0 Å². The van der Waals surface area contributed by atoms with Crippen LogP contribution in [0.5, 0.6) is 0 Å². The fourth-order valence-corrected chi connectivity index (χ4v) is 1.73. The van der Waals surface area contributed by atoms with Crippen molar-refractivity contribution in [3.05, 3.63) is 48.4 Å². The molecule has 3 rings (SSSR count). The van der Waals surface area contributed by atoms with Crippen LogP contribution in [-0.4, -0.2) is 26.1 Å². The second-order valence-electron chi connectivity index (χ2n) is 3.67. The average molecular weight is 239 g/mol. The lowest BCUT2D eigenvalue weighted by Crippen LogP contribution is -2.13. The third kappa shape index (κ3) is 1.80. The van der Waals surface area contributed by atoms with E-state index < -0.39 is 0 Å². The molecule has 1 amide bonds. The first-order valence-corrected chi connectivity index (χ1v) is 5.35. The Kier molecular flexibility index (Phi) is 2.45. The van der Waals surface area contributed by atoms with Gasteiger partial charge in [0.05, 0.1) is 11.1 Å². The highest BCUT2D eigenvalue weighted by Crippen LogP contribution is 2.16. The van der Waals surface area contributed by atoms with E-state index in [-0.39, 0.29) is 5.91 Å². The number of benzene rings is 1. The molecule has 6 heteroatoms. The largest absolute Gasteiger partial charge is 0.291 e. The molecular formula is C12H9N5O. The van der Waals surface area contributed by atoms with Gasteiger partial charge in [0.15, 0.2) is 0 Å². The maximum atomic E-state index is 12.1. The van der Waals surface area contributed by atoms with Gasteiger partial charge in [0.25, 0.3) is 5.91 Å². The third-order valence-corrected chi connectivity index (χ3v) is 2.52. The summed E-state index contributed by atoms with van der Waals surface area (Å²) in [6.45, 7) is 0. The first-order valence-electron chi connectivity index (χ1n) is 5.35. The molecule has 1 aromatic carbocycles. The lowest BCUT2D eigenvalue weighted by molar-refractivity contribution is 0.102. The highest BCUT2D eigenvalue weighted by molar-refractivity contribution is 6.11. The Morgan fingerprint density at radius 3 is 2.89 bits per heavy atom. The number of aromatic nitrogens is 4. The van der Waals surface area contributed by atoms with E-state index in [4.69, 9.17) is 0 Å². The summed E-state index contributed by atoms with van der Waals surface area (Å²) in [6.07, 6.45) is 2.99. The van der Waals surface area contributed by atoms with E-state index in [2.05, 4.69) is 25.5 Å². The molecular weight excluding hydrogens is 230 g/mol. The predicted octanol–water partition coefficient (Wildman–Crippen LogP) is 1.61. The Bertz CT molecular complexity index is 687. The third-order valence-electron chi connectivity index (χ3n) is 2.52. The number of hydrogen-bond acceptors (Lipinski definition) is 4. The number of nitrogens with zero attached hydrogens (tertiary/aromatic N) is 3. The van der Waals surface area contributed by atoms with Crippen LogP contribution in [0.1, 0.15) is 10.4 Å². The van der Waals surface area contributed by atoms with E-state index in [1.165, 1.54) is 6.33 Å². The number of carbonyl (C=O) groups is 1. The lowest BCUT2D eigenvalue weighted by Gasteiger charge is -2.04. The quantitative estimate of drug-likeness (QED) is 0.711. The number of aromatic amines is 1. The minimum absolute atomic E-state index is 0.268. The fraction of sp³-hybridized carbons (Fsp3) is 0. The standard InChI is InChI=1S/C12H9N5O/c18-11(16-12-14-7-15-17-12)9-5-1-3-8-4-2-6-13-10(8)9/h1-7H,(H2,14,15,16,17,18). The van der Waals surface area contributed by atoms with Gasteiger partial charge in [-0.25, -0.2) is 5.10 Å². The number of rotatable bonds is 2. The Morgan fingerprint density at radius 1 is 1.17 bits per heavy atom. The minimum atomic E-state index is -0.268. The molecule has 88 valence electrons. The number of H-pyrrole nitrogens is 1. The van der Waals surface area contributed by atoms with Crippen molar-refractivity contribution >= 4 is 22.8 Å². The van der Waals surface area contributed by atoms with Gasteiger partial charge < -0.3 is 0 Å². The van der Waals surface area contributed by atoms with Gasteiger partial charge in [0.1, 0.15) is 6.33 Å². The molecule has 6 nitrogen and oxygen atoms in total. The van der Waals surface area contributed by atoms with Crippen molar-refractivity contribution in [1.82, 2.24) is 20.2 Å². The van der Waals surface area contributed by atoms with Gasteiger partial charge in [-0.15, -0.1) is 0 Å². The predicted molar refractivity (Wildman–Crippen MR) is 66.1 cm³/mol. The van der Waals surface area contributed by atoms with Crippen LogP contribution < -0.4 is 5.32 Å². The summed E-state index contributed by atoms with van der Waals surface area (Å²) in [4.78, 5) is 20.2. The molecule has 0 saturated heterocycles. The molecule has 0 spiro atoms. The van der Waals surface area contributed by atoms with Crippen LogP contribution in [0.4, 0.5) is 5.95 Å². The van der Waals surface area contributed by atoms with Gasteiger partial charge in [0, 0.05) is 11.6 Å². The first kappa shape index (κ1) is 10.4. The molecule has 0 fully saturated rings. The maximum Gasteiger partial charge on any atom is 0.260 e. The SMILES string of the molecule is O=C(Nc1ncn[nH]1)c1cccc2cccnc12. The molecule has 0 unspecified atom stereocenters. The molecule has 2 aromatic heterocycles. The summed E-state index contributed by atoms with van der Waals surface area (Å²) < 4.78 is 0. The van der Waals surface area contributed by atoms with Crippen molar-refractivity contribution in [2.24, 2.45) is 0 Å². The lowest BCUT2D eigenvalue weighted by atomic mass is 10.1. The van der Waals surface area contributed by atoms with E-state index in [1.54, 1.807) is 12.3 Å². The van der Waals surface area contributed by atoms with Gasteiger partial charge >= 0.3 is 0 Å². The van der Waals surface area contributed by atoms with Crippen LogP contribution in [0.2, 0.25) is 0 Å². The summed E-state index contributed by atoms with van der Waals surface area (Å²) in [5.41, 5.74) is 1.17. The Morgan fingerprint density at radius 2 is 2.06 bits per heavy atom. The number of hydrogen-bond donors (Lipinski definition) is 2. The van der Waals surface area contributed by atoms with E-state index in [0.717, 1.165) is 5.39 Å². The second-order valence-corrected chi connectivity index (χ2v) is 3.67. The number of pyridine rings is 1. The molecule has 0 aliphatic rings. The van der Waals surface area contributed by atoms with Gasteiger partial charge in [-0.3, -0.25) is 15.1 Å². The molecule has 2 heterocycles. The van der Waals surface area contributed by atoms with E-state index in [1.807, 2.05) is 24.3 Å². The van der Waals surface area contributed by atoms with Crippen LogP contribution >= 0.6 is 0 Å². The molecule has 0 aliphatic heterocycles. The van der Waals surface area contributed by atoms with Crippen molar-refractivity contribution in [2.75, 3.05) is 5.32 Å². The van der Waals surface area contributed by atoms with E-state index in [9.17, 15) is 4.79 Å². The molecule has 0 aliphatic carbocycles. The summed E-state index contributed by atoms with van der Waals surface area (Å²) in [7, 11) is 0. The fourth-order valence-electron chi connectivity index (χ4n) is 1.73. The maximum absolute atomic E-state index is 12.1. The van der Waals surface area contributed by atoms with Crippen molar-refractivity contribution < 1.29 is 4.79 Å². The monoisotopic (exact) mass is 239 g/mol. The van der Waals surface area contributed by atoms with Crippen LogP contribution in [0.3, 0.4) is 0 Å². The summed E-state index contributed by atoms with van der Waals surface area (Å²) >= 11 is 0. The van der Waals surface area contributed by atoms with Gasteiger partial charge in [0.2, 0.25) is 5.95 Å². The number of anilines is 1. The zero-order valence-electron chi connectivity index (χ0n) is 9.29. The number of para-hydroxylation sites is 1. The van der Waals surface area contributed by atoms with Crippen LogP contribution in [0.15, 0.2) is 42.9 Å². The topological polar surface area (TPSA) is 83.6 Å². The number of fused-ring (bicyclic) bond motifs is 1. The van der Waals surface area contributed by atoms with Crippen LogP contribution in [0, 0.1) is 0 Å². The van der Waals surface area contributed by atoms with E-state index >= 15 is 0 Å². The average Bonchev–Trinajstić information content (AvgIpc) is 2.91. The highest BCUT2D eigenvalue weighted by Gasteiger charge is 2.11. The van der Waals surface area contributed by atoms with Crippen molar-refractivity contribution in [2.45, 2.75) is 0 Å². The number of carbonyl (C=O) groups excluding carboxylic acids is 1. The van der Waals surface area contributed by atoms with Gasteiger partial charge in [-0.1, -0.05) is 18.2 Å². The Hall–Kier alpha value is -2.76. The van der Waals surface area contributed by atoms with Crippen LogP contribution in [-0.2, 0) is 0 Å². The molecule has 0 atom stereocenters. The highest BCUT2D eigenvalue weighted by atomic mass is 16.1.